The maximum atomic E-state index is 12.0. The molecule has 4 heteroatoms. The van der Waals surface area contributed by atoms with Crippen LogP contribution in [0.5, 0.6) is 0 Å². The summed E-state index contributed by atoms with van der Waals surface area (Å²) in [4.78, 5) is 16.4. The number of para-hydroxylation sites is 2. The molecule has 0 radical (unpaired) electrons. The second-order valence-electron chi connectivity index (χ2n) is 4.07. The van der Waals surface area contributed by atoms with Gasteiger partial charge in [0.05, 0.1) is 11.0 Å². The van der Waals surface area contributed by atoms with Gasteiger partial charge in [-0.05, 0) is 25.5 Å². The van der Waals surface area contributed by atoms with Crippen molar-refractivity contribution < 1.29 is 4.79 Å². The summed E-state index contributed by atoms with van der Waals surface area (Å²) in [5.41, 5.74) is 1.72. The van der Waals surface area contributed by atoms with E-state index in [1.54, 1.807) is 4.57 Å². The van der Waals surface area contributed by atoms with Crippen LogP contribution in [-0.4, -0.2) is 22.1 Å². The van der Waals surface area contributed by atoms with Crippen LogP contribution in [0.4, 0.5) is 4.79 Å². The van der Waals surface area contributed by atoms with Crippen molar-refractivity contribution in [3.05, 3.63) is 30.1 Å². The molecule has 0 saturated heterocycles. The molecular formula is C13H17N3O. The highest BCUT2D eigenvalue weighted by molar-refractivity contribution is 5.89. The second-order valence-corrected chi connectivity index (χ2v) is 4.07. The van der Waals surface area contributed by atoms with Crippen LogP contribution in [0.2, 0.25) is 0 Å². The number of hydrogen-bond acceptors (Lipinski definition) is 2. The first-order chi connectivity index (χ1) is 8.24. The summed E-state index contributed by atoms with van der Waals surface area (Å²) in [7, 11) is 0. The van der Waals surface area contributed by atoms with Crippen LogP contribution in [0, 0.1) is 6.92 Å². The Morgan fingerprint density at radius 2 is 2.18 bits per heavy atom. The summed E-state index contributed by atoms with van der Waals surface area (Å²) in [6.07, 6.45) is 2.07. The van der Waals surface area contributed by atoms with Crippen LogP contribution in [0.15, 0.2) is 24.3 Å². The Morgan fingerprint density at radius 3 is 2.94 bits per heavy atom. The van der Waals surface area contributed by atoms with Gasteiger partial charge in [0.25, 0.3) is 0 Å². The molecule has 2 rings (SSSR count). The van der Waals surface area contributed by atoms with E-state index in [2.05, 4.69) is 17.2 Å². The van der Waals surface area contributed by atoms with E-state index in [1.165, 1.54) is 0 Å². The first kappa shape index (κ1) is 11.6. The van der Waals surface area contributed by atoms with Crippen LogP contribution in [0.1, 0.15) is 25.6 Å². The number of imidazole rings is 1. The molecule has 0 unspecified atom stereocenters. The van der Waals surface area contributed by atoms with Crippen LogP contribution in [0.25, 0.3) is 11.0 Å². The van der Waals surface area contributed by atoms with Crippen molar-refractivity contribution in [1.29, 1.82) is 0 Å². The molecule has 0 aliphatic rings. The van der Waals surface area contributed by atoms with Gasteiger partial charge >= 0.3 is 6.03 Å². The smallest absolute Gasteiger partial charge is 0.327 e. The Hall–Kier alpha value is -1.84. The van der Waals surface area contributed by atoms with Gasteiger partial charge in [0.15, 0.2) is 0 Å². The fourth-order valence-electron chi connectivity index (χ4n) is 1.85. The van der Waals surface area contributed by atoms with E-state index in [1.807, 2.05) is 31.2 Å². The van der Waals surface area contributed by atoms with E-state index in [9.17, 15) is 4.79 Å². The normalized spacial score (nSPS) is 10.7. The van der Waals surface area contributed by atoms with Crippen molar-refractivity contribution in [2.75, 3.05) is 6.54 Å². The van der Waals surface area contributed by atoms with E-state index in [4.69, 9.17) is 0 Å². The maximum Gasteiger partial charge on any atom is 0.327 e. The van der Waals surface area contributed by atoms with Gasteiger partial charge in [-0.15, -0.1) is 0 Å². The summed E-state index contributed by atoms with van der Waals surface area (Å²) < 4.78 is 1.63. The number of aryl methyl sites for hydroxylation is 1. The fraction of sp³-hybridized carbons (Fsp3) is 0.385. The zero-order chi connectivity index (χ0) is 12.3. The van der Waals surface area contributed by atoms with E-state index in [0.717, 1.165) is 29.7 Å². The number of amides is 1. The number of unbranched alkanes of at least 4 members (excludes halogenated alkanes) is 1. The van der Waals surface area contributed by atoms with Gasteiger partial charge in [-0.1, -0.05) is 25.5 Å². The number of aromatic nitrogens is 2. The SMILES string of the molecule is CCCCNC(=O)n1c(C)nc2ccccc21. The third-order valence-electron chi connectivity index (χ3n) is 2.74. The monoisotopic (exact) mass is 231 g/mol. The Kier molecular flexibility index (Phi) is 3.42. The van der Waals surface area contributed by atoms with E-state index in [0.29, 0.717) is 6.54 Å². The number of nitrogens with one attached hydrogen (secondary N) is 1. The van der Waals surface area contributed by atoms with E-state index >= 15 is 0 Å². The summed E-state index contributed by atoms with van der Waals surface area (Å²) >= 11 is 0. The summed E-state index contributed by atoms with van der Waals surface area (Å²) in [5, 5.41) is 2.90. The first-order valence-corrected chi connectivity index (χ1v) is 5.96. The Labute approximate surface area is 101 Å². The van der Waals surface area contributed by atoms with Crippen LogP contribution in [-0.2, 0) is 0 Å². The number of fused-ring (bicyclic) bond motifs is 1. The molecule has 1 heterocycles. The summed E-state index contributed by atoms with van der Waals surface area (Å²) in [6, 6.07) is 7.57. The van der Waals surface area contributed by atoms with Gasteiger partial charge in [-0.2, -0.15) is 0 Å². The minimum atomic E-state index is -0.0929. The number of carbonyl (C=O) groups is 1. The van der Waals surface area contributed by atoms with Gasteiger partial charge < -0.3 is 5.32 Å². The predicted octanol–water partition coefficient (Wildman–Crippen LogP) is 2.70. The lowest BCUT2D eigenvalue weighted by Gasteiger charge is -2.07. The molecule has 17 heavy (non-hydrogen) atoms. The van der Waals surface area contributed by atoms with Crippen molar-refractivity contribution in [2.24, 2.45) is 0 Å². The van der Waals surface area contributed by atoms with Crippen LogP contribution in [0.3, 0.4) is 0 Å². The number of rotatable bonds is 3. The summed E-state index contributed by atoms with van der Waals surface area (Å²) in [6.45, 7) is 4.66. The first-order valence-electron chi connectivity index (χ1n) is 5.96. The largest absolute Gasteiger partial charge is 0.337 e. The van der Waals surface area contributed by atoms with Crippen molar-refractivity contribution in [1.82, 2.24) is 14.9 Å². The molecule has 1 N–H and O–H groups in total. The predicted molar refractivity (Wildman–Crippen MR) is 68.2 cm³/mol. The molecule has 4 nitrogen and oxygen atoms in total. The second kappa shape index (κ2) is 4.99. The van der Waals surface area contributed by atoms with Crippen LogP contribution >= 0.6 is 0 Å². The molecule has 1 aromatic carbocycles. The average Bonchev–Trinajstić information content (AvgIpc) is 2.65. The molecule has 0 atom stereocenters. The third-order valence-corrected chi connectivity index (χ3v) is 2.74. The number of hydrogen-bond donors (Lipinski definition) is 1. The molecule has 0 aliphatic heterocycles. The van der Waals surface area contributed by atoms with Crippen molar-refractivity contribution in [3.63, 3.8) is 0 Å². The van der Waals surface area contributed by atoms with Crippen LogP contribution < -0.4 is 5.32 Å². The maximum absolute atomic E-state index is 12.0. The quantitative estimate of drug-likeness (QED) is 0.825. The molecule has 1 amide bonds. The van der Waals surface area contributed by atoms with Gasteiger partial charge in [0, 0.05) is 6.54 Å². The Balaban J connectivity index is 2.28. The molecule has 0 aliphatic carbocycles. The standard InChI is InChI=1S/C13H17N3O/c1-3-4-9-14-13(17)16-10(2)15-11-7-5-6-8-12(11)16/h5-8H,3-4,9H2,1-2H3,(H,14,17). The summed E-state index contributed by atoms with van der Waals surface area (Å²) in [5.74, 6) is 0.722. The Morgan fingerprint density at radius 1 is 1.41 bits per heavy atom. The lowest BCUT2D eigenvalue weighted by Crippen LogP contribution is -2.29. The zero-order valence-corrected chi connectivity index (χ0v) is 10.2. The van der Waals surface area contributed by atoms with Gasteiger partial charge in [0.1, 0.15) is 5.82 Å². The lowest BCUT2D eigenvalue weighted by atomic mass is 10.3. The Bertz CT molecular complexity index is 530. The highest BCUT2D eigenvalue weighted by Crippen LogP contribution is 2.14. The van der Waals surface area contributed by atoms with Crippen molar-refractivity contribution >= 4 is 17.1 Å². The topological polar surface area (TPSA) is 46.9 Å². The molecule has 1 aromatic heterocycles. The minimum Gasteiger partial charge on any atom is -0.337 e. The van der Waals surface area contributed by atoms with E-state index < -0.39 is 0 Å². The average molecular weight is 231 g/mol. The van der Waals surface area contributed by atoms with E-state index in [-0.39, 0.29) is 6.03 Å². The molecular weight excluding hydrogens is 214 g/mol. The molecule has 2 aromatic rings. The molecule has 0 bridgehead atoms. The number of carbonyl (C=O) groups excluding carboxylic acids is 1. The zero-order valence-electron chi connectivity index (χ0n) is 10.2. The van der Waals surface area contributed by atoms with Gasteiger partial charge in [-0.25, -0.2) is 14.3 Å². The highest BCUT2D eigenvalue weighted by Gasteiger charge is 2.12. The third kappa shape index (κ3) is 2.30. The fourth-order valence-corrected chi connectivity index (χ4v) is 1.85. The molecule has 0 fully saturated rings. The van der Waals surface area contributed by atoms with Crippen molar-refractivity contribution in [2.45, 2.75) is 26.7 Å². The molecule has 90 valence electrons. The number of benzene rings is 1. The minimum absolute atomic E-state index is 0.0929. The van der Waals surface area contributed by atoms with Gasteiger partial charge in [-0.3, -0.25) is 0 Å². The lowest BCUT2D eigenvalue weighted by molar-refractivity contribution is 0.242. The van der Waals surface area contributed by atoms with Gasteiger partial charge in [0.2, 0.25) is 0 Å². The molecule has 0 saturated carbocycles. The van der Waals surface area contributed by atoms with Crippen molar-refractivity contribution in [3.8, 4) is 0 Å². The highest BCUT2D eigenvalue weighted by atomic mass is 16.2. The number of nitrogens with zero attached hydrogens (tertiary/aromatic N) is 2. The molecule has 0 spiro atoms.